The molecule has 1 amide bonds. The first-order chi connectivity index (χ1) is 14.0. The number of nitriles is 1. The lowest BCUT2D eigenvalue weighted by Crippen LogP contribution is -2.51. The summed E-state index contributed by atoms with van der Waals surface area (Å²) in [7, 11) is 0. The molecule has 0 saturated heterocycles. The van der Waals surface area contributed by atoms with Crippen LogP contribution < -0.4 is 5.32 Å². The van der Waals surface area contributed by atoms with Crippen LogP contribution in [-0.2, 0) is 11.3 Å². The number of rotatable bonds is 7. The smallest absolute Gasteiger partial charge is 0.234 e. The van der Waals surface area contributed by atoms with Crippen molar-refractivity contribution in [3.05, 3.63) is 42.7 Å². The quantitative estimate of drug-likeness (QED) is 0.546. The molecule has 1 saturated carbocycles. The van der Waals surface area contributed by atoms with E-state index in [0.29, 0.717) is 30.4 Å². The van der Waals surface area contributed by atoms with Crippen LogP contribution in [0.4, 0.5) is 4.39 Å². The molecule has 3 rings (SSSR count). The third kappa shape index (κ3) is 4.85. The van der Waals surface area contributed by atoms with Gasteiger partial charge in [0.15, 0.2) is 11.0 Å². The first-order valence-corrected chi connectivity index (χ1v) is 10.6. The van der Waals surface area contributed by atoms with Crippen molar-refractivity contribution in [1.29, 1.82) is 5.26 Å². The molecule has 1 aromatic carbocycles. The maximum Gasteiger partial charge on any atom is 0.234 e. The molecule has 1 aliphatic carbocycles. The van der Waals surface area contributed by atoms with Crippen LogP contribution >= 0.6 is 11.8 Å². The van der Waals surface area contributed by atoms with Gasteiger partial charge in [0.1, 0.15) is 11.4 Å². The second-order valence-electron chi connectivity index (χ2n) is 7.22. The summed E-state index contributed by atoms with van der Waals surface area (Å²) in [5.41, 5.74) is -0.0339. The monoisotopic (exact) mass is 413 g/mol. The van der Waals surface area contributed by atoms with E-state index in [0.717, 1.165) is 24.8 Å². The largest absolute Gasteiger partial charge is 0.337 e. The van der Waals surface area contributed by atoms with Gasteiger partial charge < -0.3 is 5.32 Å². The Morgan fingerprint density at radius 2 is 2.07 bits per heavy atom. The fraction of sp³-hybridized carbons (Fsp3) is 0.429. The Kier molecular flexibility index (Phi) is 6.70. The number of amides is 1. The Bertz CT molecular complexity index is 912. The minimum absolute atomic E-state index is 0.185. The number of allylic oxidation sites excluding steroid dienone is 1. The molecule has 1 fully saturated rings. The normalized spacial score (nSPS) is 16.6. The van der Waals surface area contributed by atoms with Gasteiger partial charge in [0, 0.05) is 12.1 Å². The zero-order valence-corrected chi connectivity index (χ0v) is 17.2. The number of thioether (sulfide) groups is 1. The van der Waals surface area contributed by atoms with Gasteiger partial charge in [-0.25, -0.2) is 4.39 Å². The Morgan fingerprint density at radius 1 is 1.38 bits per heavy atom. The molecule has 0 radical (unpaired) electrons. The predicted molar refractivity (Wildman–Crippen MR) is 111 cm³/mol. The molecule has 0 aliphatic heterocycles. The fourth-order valence-corrected chi connectivity index (χ4v) is 4.31. The number of carbonyl (C=O) groups is 1. The van der Waals surface area contributed by atoms with Gasteiger partial charge in [-0.3, -0.25) is 9.36 Å². The molecule has 1 atom stereocenters. The summed E-state index contributed by atoms with van der Waals surface area (Å²) < 4.78 is 15.1. The molecule has 1 aromatic heterocycles. The standard InChI is InChI=1S/C21H24FN5OS/c1-3-13-27-18(16-7-9-17(22)10-8-16)25-26-20(27)29-15(2)19(28)24-21(14-23)11-5-4-6-12-21/h3,7-10,15H,1,4-6,11-13H2,2H3,(H,24,28)/t15-/m0/s1. The van der Waals surface area contributed by atoms with Crippen LogP contribution in [0.15, 0.2) is 42.1 Å². The van der Waals surface area contributed by atoms with Gasteiger partial charge in [0.25, 0.3) is 0 Å². The Balaban J connectivity index is 1.76. The number of hydrogen-bond acceptors (Lipinski definition) is 5. The average molecular weight is 414 g/mol. The molecular formula is C21H24FN5OS. The van der Waals surface area contributed by atoms with Crippen molar-refractivity contribution in [3.8, 4) is 17.5 Å². The van der Waals surface area contributed by atoms with Gasteiger partial charge in [-0.1, -0.05) is 37.1 Å². The van der Waals surface area contributed by atoms with Crippen LogP contribution in [0.1, 0.15) is 39.0 Å². The van der Waals surface area contributed by atoms with Crippen LogP contribution in [0.2, 0.25) is 0 Å². The van der Waals surface area contributed by atoms with E-state index in [4.69, 9.17) is 0 Å². The van der Waals surface area contributed by atoms with Crippen molar-refractivity contribution in [2.24, 2.45) is 0 Å². The first-order valence-electron chi connectivity index (χ1n) is 9.68. The SMILES string of the molecule is C=CCn1c(S[C@@H](C)C(=O)NC2(C#N)CCCCC2)nnc1-c1ccc(F)cc1. The highest BCUT2D eigenvalue weighted by Crippen LogP contribution is 2.30. The van der Waals surface area contributed by atoms with Crippen molar-refractivity contribution in [2.45, 2.75) is 61.5 Å². The van der Waals surface area contributed by atoms with Gasteiger partial charge >= 0.3 is 0 Å². The van der Waals surface area contributed by atoms with E-state index in [1.165, 1.54) is 23.9 Å². The summed E-state index contributed by atoms with van der Waals surface area (Å²) in [5, 5.41) is 21.1. The lowest BCUT2D eigenvalue weighted by atomic mass is 9.83. The first kappa shape index (κ1) is 21.1. The van der Waals surface area contributed by atoms with Gasteiger partial charge in [0.2, 0.25) is 5.91 Å². The summed E-state index contributed by atoms with van der Waals surface area (Å²) in [6.07, 6.45) is 6.09. The number of benzene rings is 1. The van der Waals surface area contributed by atoms with E-state index >= 15 is 0 Å². The molecule has 29 heavy (non-hydrogen) atoms. The number of hydrogen-bond donors (Lipinski definition) is 1. The number of carbonyl (C=O) groups excluding carboxylic acids is 1. The van der Waals surface area contributed by atoms with Crippen LogP contribution in [0.3, 0.4) is 0 Å². The Hall–Kier alpha value is -2.66. The van der Waals surface area contributed by atoms with Crippen LogP contribution in [0.25, 0.3) is 11.4 Å². The number of aromatic nitrogens is 3. The van der Waals surface area contributed by atoms with Crippen molar-refractivity contribution >= 4 is 17.7 Å². The predicted octanol–water partition coefficient (Wildman–Crippen LogP) is 4.09. The van der Waals surface area contributed by atoms with Crippen molar-refractivity contribution in [1.82, 2.24) is 20.1 Å². The van der Waals surface area contributed by atoms with E-state index < -0.39 is 10.8 Å². The van der Waals surface area contributed by atoms with E-state index in [1.54, 1.807) is 25.1 Å². The van der Waals surface area contributed by atoms with Crippen molar-refractivity contribution in [2.75, 3.05) is 0 Å². The van der Waals surface area contributed by atoms with Crippen molar-refractivity contribution < 1.29 is 9.18 Å². The summed E-state index contributed by atoms with van der Waals surface area (Å²) in [4.78, 5) is 12.8. The molecule has 8 heteroatoms. The molecule has 0 spiro atoms. The van der Waals surface area contributed by atoms with Crippen LogP contribution in [-0.4, -0.2) is 31.5 Å². The van der Waals surface area contributed by atoms with Gasteiger partial charge in [-0.15, -0.1) is 16.8 Å². The second kappa shape index (κ2) is 9.23. The lowest BCUT2D eigenvalue weighted by molar-refractivity contribution is -0.121. The van der Waals surface area contributed by atoms with Crippen LogP contribution in [0, 0.1) is 17.1 Å². The summed E-state index contributed by atoms with van der Waals surface area (Å²) >= 11 is 1.28. The van der Waals surface area contributed by atoms with Gasteiger partial charge in [0.05, 0.1) is 11.3 Å². The molecule has 2 aromatic rings. The average Bonchev–Trinajstić information content (AvgIpc) is 3.12. The minimum Gasteiger partial charge on any atom is -0.337 e. The van der Waals surface area contributed by atoms with E-state index in [-0.39, 0.29) is 11.7 Å². The Morgan fingerprint density at radius 3 is 2.69 bits per heavy atom. The number of nitrogens with zero attached hydrogens (tertiary/aromatic N) is 4. The second-order valence-corrected chi connectivity index (χ2v) is 8.52. The number of halogens is 1. The molecule has 0 bridgehead atoms. The maximum absolute atomic E-state index is 13.2. The lowest BCUT2D eigenvalue weighted by Gasteiger charge is -2.32. The molecule has 0 unspecified atom stereocenters. The highest BCUT2D eigenvalue weighted by atomic mass is 32.2. The van der Waals surface area contributed by atoms with Gasteiger partial charge in [-0.2, -0.15) is 5.26 Å². The summed E-state index contributed by atoms with van der Waals surface area (Å²) in [6.45, 7) is 6.02. The minimum atomic E-state index is -0.766. The van der Waals surface area contributed by atoms with Gasteiger partial charge in [-0.05, 0) is 44.0 Å². The fourth-order valence-electron chi connectivity index (χ4n) is 3.45. The third-order valence-electron chi connectivity index (χ3n) is 5.07. The molecule has 152 valence electrons. The molecule has 6 nitrogen and oxygen atoms in total. The third-order valence-corrected chi connectivity index (χ3v) is 6.15. The Labute approximate surface area is 174 Å². The molecule has 1 aliphatic rings. The van der Waals surface area contributed by atoms with E-state index in [2.05, 4.69) is 28.2 Å². The topological polar surface area (TPSA) is 83.6 Å². The van der Waals surface area contributed by atoms with E-state index in [1.807, 2.05) is 4.57 Å². The zero-order chi connectivity index (χ0) is 20.9. The van der Waals surface area contributed by atoms with Crippen molar-refractivity contribution in [3.63, 3.8) is 0 Å². The summed E-state index contributed by atoms with van der Waals surface area (Å²) in [5.74, 6) is 0.0771. The summed E-state index contributed by atoms with van der Waals surface area (Å²) in [6, 6.07) is 8.34. The molecular weight excluding hydrogens is 389 g/mol. The van der Waals surface area contributed by atoms with E-state index in [9.17, 15) is 14.4 Å². The highest BCUT2D eigenvalue weighted by molar-refractivity contribution is 8.00. The number of nitrogens with one attached hydrogen (secondary N) is 1. The van der Waals surface area contributed by atoms with Crippen LogP contribution in [0.5, 0.6) is 0 Å². The maximum atomic E-state index is 13.2. The highest BCUT2D eigenvalue weighted by Gasteiger charge is 2.35. The molecule has 1 N–H and O–H groups in total. The zero-order valence-electron chi connectivity index (χ0n) is 16.4. The molecule has 1 heterocycles.